The number of carbonyl (C=O) groups excluding carboxylic acids is 2. The van der Waals surface area contributed by atoms with Crippen LogP contribution in [0.1, 0.15) is 15.9 Å². The van der Waals surface area contributed by atoms with Crippen molar-refractivity contribution in [1.29, 1.82) is 0 Å². The van der Waals surface area contributed by atoms with Gasteiger partial charge in [-0.05, 0) is 35.2 Å². The minimum Gasteiger partial charge on any atom is -0.483 e. The summed E-state index contributed by atoms with van der Waals surface area (Å²) < 4.78 is 5.74. The van der Waals surface area contributed by atoms with Crippen LogP contribution in [-0.2, 0) is 11.3 Å². The number of hydrogen-bond acceptors (Lipinski definition) is 4. The Kier molecular flexibility index (Phi) is 6.18. The largest absolute Gasteiger partial charge is 0.483 e. The van der Waals surface area contributed by atoms with Crippen LogP contribution in [0, 0.1) is 0 Å². The first-order valence-electron chi connectivity index (χ1n) is 9.87. The molecule has 31 heavy (non-hydrogen) atoms. The van der Waals surface area contributed by atoms with Crippen molar-refractivity contribution in [1.82, 2.24) is 10.3 Å². The van der Waals surface area contributed by atoms with E-state index in [1.54, 1.807) is 36.7 Å². The van der Waals surface area contributed by atoms with Crippen LogP contribution in [0.2, 0.25) is 0 Å². The van der Waals surface area contributed by atoms with Crippen LogP contribution in [0.5, 0.6) is 5.75 Å². The lowest BCUT2D eigenvalue weighted by atomic mass is 10.1. The van der Waals surface area contributed by atoms with E-state index in [1.807, 2.05) is 54.6 Å². The Morgan fingerprint density at radius 2 is 1.68 bits per heavy atom. The van der Waals surface area contributed by atoms with Crippen molar-refractivity contribution in [2.24, 2.45) is 0 Å². The number of amides is 2. The minimum atomic E-state index is -0.347. The molecule has 0 atom stereocenters. The molecule has 0 saturated heterocycles. The monoisotopic (exact) mass is 411 g/mol. The fourth-order valence-electron chi connectivity index (χ4n) is 3.22. The highest BCUT2D eigenvalue weighted by molar-refractivity contribution is 6.04. The molecule has 0 saturated carbocycles. The van der Waals surface area contributed by atoms with Crippen LogP contribution in [0.15, 0.2) is 91.3 Å². The standard InChI is InChI=1S/C25H21N3O3/c29-24(17-31-23-13-5-9-19-8-1-2-10-20(19)23)28-22-12-4-3-11-21(22)25(30)27-16-18-7-6-14-26-15-18/h1-15H,16-17H2,(H,27,30)(H,28,29). The number of aromatic nitrogens is 1. The fraction of sp³-hybridized carbons (Fsp3) is 0.0800. The quantitative estimate of drug-likeness (QED) is 0.478. The Labute approximate surface area is 179 Å². The van der Waals surface area contributed by atoms with Crippen molar-refractivity contribution >= 4 is 28.3 Å². The van der Waals surface area contributed by atoms with E-state index in [0.717, 1.165) is 16.3 Å². The fourth-order valence-corrected chi connectivity index (χ4v) is 3.22. The average Bonchev–Trinajstić information content (AvgIpc) is 2.82. The molecule has 6 heteroatoms. The second-order valence-electron chi connectivity index (χ2n) is 6.90. The summed E-state index contributed by atoms with van der Waals surface area (Å²) in [4.78, 5) is 29.2. The third-order valence-corrected chi connectivity index (χ3v) is 4.73. The maximum absolute atomic E-state index is 12.6. The number of ether oxygens (including phenoxy) is 1. The number of pyridine rings is 1. The first-order valence-corrected chi connectivity index (χ1v) is 9.87. The van der Waals surface area contributed by atoms with Crippen LogP contribution in [0.3, 0.4) is 0 Å². The summed E-state index contributed by atoms with van der Waals surface area (Å²) in [6, 6.07) is 24.1. The number of benzene rings is 3. The Morgan fingerprint density at radius 3 is 2.55 bits per heavy atom. The van der Waals surface area contributed by atoms with Crippen LogP contribution >= 0.6 is 0 Å². The Balaban J connectivity index is 1.40. The lowest BCUT2D eigenvalue weighted by molar-refractivity contribution is -0.118. The Hall–Kier alpha value is -4.19. The summed E-state index contributed by atoms with van der Waals surface area (Å²) in [5, 5.41) is 7.59. The number of para-hydroxylation sites is 1. The average molecular weight is 411 g/mol. The molecule has 0 aliphatic rings. The molecule has 0 spiro atoms. The SMILES string of the molecule is O=C(COc1cccc2ccccc12)Nc1ccccc1C(=O)NCc1cccnc1. The van der Waals surface area contributed by atoms with Crippen LogP contribution < -0.4 is 15.4 Å². The molecular weight excluding hydrogens is 390 g/mol. The third kappa shape index (κ3) is 5.05. The molecule has 2 amide bonds. The highest BCUT2D eigenvalue weighted by Gasteiger charge is 2.14. The minimum absolute atomic E-state index is 0.167. The lowest BCUT2D eigenvalue weighted by Gasteiger charge is -2.13. The van der Waals surface area contributed by atoms with E-state index in [-0.39, 0.29) is 18.4 Å². The van der Waals surface area contributed by atoms with E-state index in [0.29, 0.717) is 23.5 Å². The van der Waals surface area contributed by atoms with Gasteiger partial charge < -0.3 is 15.4 Å². The summed E-state index contributed by atoms with van der Waals surface area (Å²) in [5.74, 6) is 0.00548. The van der Waals surface area contributed by atoms with Gasteiger partial charge in [0.25, 0.3) is 11.8 Å². The molecule has 0 bridgehead atoms. The van der Waals surface area contributed by atoms with Gasteiger partial charge in [-0.3, -0.25) is 14.6 Å². The zero-order valence-corrected chi connectivity index (χ0v) is 16.7. The van der Waals surface area contributed by atoms with E-state index >= 15 is 0 Å². The van der Waals surface area contributed by atoms with Gasteiger partial charge in [0.05, 0.1) is 11.3 Å². The molecule has 1 heterocycles. The summed E-state index contributed by atoms with van der Waals surface area (Å²) in [6.45, 7) is 0.179. The molecule has 0 aliphatic carbocycles. The zero-order chi connectivity index (χ0) is 21.5. The maximum atomic E-state index is 12.6. The smallest absolute Gasteiger partial charge is 0.262 e. The van der Waals surface area contributed by atoms with Crippen molar-refractivity contribution < 1.29 is 14.3 Å². The second kappa shape index (κ2) is 9.54. The molecule has 1 aromatic heterocycles. The normalized spacial score (nSPS) is 10.5. The van der Waals surface area contributed by atoms with Gasteiger partial charge in [0.15, 0.2) is 6.61 Å². The molecular formula is C25H21N3O3. The lowest BCUT2D eigenvalue weighted by Crippen LogP contribution is -2.26. The first-order chi connectivity index (χ1) is 15.2. The predicted octanol–water partition coefficient (Wildman–Crippen LogP) is 4.18. The third-order valence-electron chi connectivity index (χ3n) is 4.73. The van der Waals surface area contributed by atoms with Gasteiger partial charge in [-0.15, -0.1) is 0 Å². The number of nitrogens with one attached hydrogen (secondary N) is 2. The summed E-state index contributed by atoms with van der Waals surface area (Å²) in [6.07, 6.45) is 3.37. The summed E-state index contributed by atoms with van der Waals surface area (Å²) in [7, 11) is 0. The molecule has 2 N–H and O–H groups in total. The Morgan fingerprint density at radius 1 is 0.871 bits per heavy atom. The molecule has 154 valence electrons. The second-order valence-corrected chi connectivity index (χ2v) is 6.90. The number of anilines is 1. The molecule has 4 aromatic rings. The predicted molar refractivity (Wildman–Crippen MR) is 120 cm³/mol. The summed E-state index contributed by atoms with van der Waals surface area (Å²) >= 11 is 0. The van der Waals surface area contributed by atoms with Gasteiger partial charge in [0, 0.05) is 24.3 Å². The van der Waals surface area contributed by atoms with Gasteiger partial charge in [-0.2, -0.15) is 0 Å². The molecule has 0 aliphatic heterocycles. The molecule has 6 nitrogen and oxygen atoms in total. The van der Waals surface area contributed by atoms with Crippen molar-refractivity contribution in [2.75, 3.05) is 11.9 Å². The highest BCUT2D eigenvalue weighted by atomic mass is 16.5. The molecule has 0 unspecified atom stereocenters. The van der Waals surface area contributed by atoms with Gasteiger partial charge in [-0.25, -0.2) is 0 Å². The van der Waals surface area contributed by atoms with E-state index < -0.39 is 0 Å². The topological polar surface area (TPSA) is 80.3 Å². The van der Waals surface area contributed by atoms with Crippen LogP contribution in [-0.4, -0.2) is 23.4 Å². The Bertz CT molecular complexity index is 1200. The highest BCUT2D eigenvalue weighted by Crippen LogP contribution is 2.25. The first kappa shape index (κ1) is 20.1. The zero-order valence-electron chi connectivity index (χ0n) is 16.7. The van der Waals surface area contributed by atoms with E-state index in [4.69, 9.17) is 4.74 Å². The van der Waals surface area contributed by atoms with Gasteiger partial charge in [0.2, 0.25) is 0 Å². The van der Waals surface area contributed by atoms with Crippen molar-refractivity contribution in [3.63, 3.8) is 0 Å². The number of hydrogen-bond donors (Lipinski definition) is 2. The van der Waals surface area contributed by atoms with Gasteiger partial charge in [0.1, 0.15) is 5.75 Å². The van der Waals surface area contributed by atoms with Gasteiger partial charge in [-0.1, -0.05) is 54.6 Å². The van der Waals surface area contributed by atoms with Crippen LogP contribution in [0.25, 0.3) is 10.8 Å². The number of fused-ring (bicyclic) bond motifs is 1. The molecule has 4 rings (SSSR count). The van der Waals surface area contributed by atoms with E-state index in [1.165, 1.54) is 0 Å². The van der Waals surface area contributed by atoms with Crippen molar-refractivity contribution in [3.8, 4) is 5.75 Å². The van der Waals surface area contributed by atoms with E-state index in [2.05, 4.69) is 15.6 Å². The molecule has 0 fully saturated rings. The maximum Gasteiger partial charge on any atom is 0.262 e. The number of rotatable bonds is 7. The van der Waals surface area contributed by atoms with Crippen LogP contribution in [0.4, 0.5) is 5.69 Å². The number of nitrogens with zero attached hydrogens (tertiary/aromatic N) is 1. The van der Waals surface area contributed by atoms with Gasteiger partial charge >= 0.3 is 0 Å². The number of carbonyl (C=O) groups is 2. The molecule has 3 aromatic carbocycles. The van der Waals surface area contributed by atoms with E-state index in [9.17, 15) is 9.59 Å². The van der Waals surface area contributed by atoms with Crippen molar-refractivity contribution in [3.05, 3.63) is 102 Å². The summed E-state index contributed by atoms with van der Waals surface area (Å²) in [5.41, 5.74) is 1.70. The van der Waals surface area contributed by atoms with Crippen molar-refractivity contribution in [2.45, 2.75) is 6.54 Å². The molecule has 0 radical (unpaired) electrons.